The van der Waals surface area contributed by atoms with Gasteiger partial charge in [0.1, 0.15) is 34.3 Å². The number of aryl methyl sites for hydroxylation is 2. The van der Waals surface area contributed by atoms with E-state index in [-0.39, 0.29) is 52.4 Å². The number of pyridine rings is 2. The fourth-order valence-electron chi connectivity index (χ4n) is 18.3. The number of nitro benzene ring substituents is 2. The average molecular weight is 1750 g/mol. The lowest BCUT2D eigenvalue weighted by atomic mass is 9.59. The molecule has 7 aliphatic rings. The molecule has 10 aromatic rings. The molecular weight excluding hydrogens is 1650 g/mol. The quantitative estimate of drug-likeness (QED) is 0.0261. The van der Waals surface area contributed by atoms with Gasteiger partial charge in [0.2, 0.25) is 0 Å². The summed E-state index contributed by atoms with van der Waals surface area (Å²) in [6, 6.07) is 41.4. The van der Waals surface area contributed by atoms with Crippen molar-refractivity contribution in [3.05, 3.63) is 245 Å². The van der Waals surface area contributed by atoms with Crippen molar-refractivity contribution in [1.29, 1.82) is 0 Å². The fourth-order valence-corrected chi connectivity index (χ4v) is 20.5. The smallest absolute Gasteiger partial charge is 0.273 e. The summed E-state index contributed by atoms with van der Waals surface area (Å²) in [5.74, 6) is -0.752. The van der Waals surface area contributed by atoms with Crippen LogP contribution in [0, 0.1) is 37.0 Å². The third-order valence-corrected chi connectivity index (χ3v) is 28.7. The number of H-pyrrole nitrogens is 2. The Morgan fingerprint density at radius 2 is 1.03 bits per heavy atom. The second kappa shape index (κ2) is 37.5. The van der Waals surface area contributed by atoms with Gasteiger partial charge in [-0.3, -0.25) is 39.6 Å². The maximum atomic E-state index is 13.9. The fraction of sp³-hybridized carbons (Fsp3) is 0.391. The first-order chi connectivity index (χ1) is 59.4. The molecule has 0 radical (unpaired) electrons. The minimum Gasteiger partial charge on any atom is -0.455 e. The predicted molar refractivity (Wildman–Crippen MR) is 473 cm³/mol. The van der Waals surface area contributed by atoms with Crippen LogP contribution in [0.2, 0.25) is 10.0 Å². The van der Waals surface area contributed by atoms with Crippen LogP contribution >= 0.6 is 23.2 Å². The maximum Gasteiger partial charge on any atom is 0.273 e. The second-order valence-electron chi connectivity index (χ2n) is 33.7. The van der Waals surface area contributed by atoms with Crippen LogP contribution < -0.4 is 28.7 Å². The Morgan fingerprint density at radius 1 is 0.577 bits per heavy atom. The molecule has 2 atom stereocenters. The number of anilines is 2. The van der Waals surface area contributed by atoms with E-state index in [0.29, 0.717) is 90.4 Å². The van der Waals surface area contributed by atoms with Crippen molar-refractivity contribution in [3.8, 4) is 23.0 Å². The number of carbonyl (C=O) groups excluding carboxylic acids is 2. The summed E-state index contributed by atoms with van der Waals surface area (Å²) in [4.78, 5) is 74.4. The zero-order valence-electron chi connectivity index (χ0n) is 68.8. The van der Waals surface area contributed by atoms with Crippen molar-refractivity contribution >= 4 is 111 Å². The number of ether oxygens (including phenoxy) is 5. The van der Waals surface area contributed by atoms with Gasteiger partial charge in [-0.05, 0) is 214 Å². The van der Waals surface area contributed by atoms with Gasteiger partial charge >= 0.3 is 0 Å². The minimum atomic E-state index is -4.55. The van der Waals surface area contributed by atoms with Crippen LogP contribution in [0.15, 0.2) is 191 Å². The number of sulfonamides is 2. The number of benzene rings is 6. The lowest BCUT2D eigenvalue weighted by Crippen LogP contribution is -2.47. The van der Waals surface area contributed by atoms with Gasteiger partial charge in [-0.15, -0.1) is 0 Å². The van der Waals surface area contributed by atoms with E-state index in [0.717, 1.165) is 135 Å². The SMILES string of the molecule is COC[C@H](C)CCc1ccc(S(=O)(=O)NC(=O)c2ccc(N3CCN(CC4=C(c5ccc(Cl)cc5)CC5(CCC5)CC4)CC3)cc2Oc2cnc3[nH]ccc3c2)cc1[N+](=O)[O-].O=C(NS(=O)(=O)c1ccc(CC[C@H]2COCCO2)c([N+](=O)[O-])c1)c1ccc(N2CCN(CC3=C(c4ccc(Cl)cc4)CC4(CCC4)CC3)CC2)cc1Oc1cnc2[nH]ccc2c1. The van der Waals surface area contributed by atoms with E-state index in [9.17, 15) is 46.7 Å². The summed E-state index contributed by atoms with van der Waals surface area (Å²) in [5, 5.41) is 27.2. The van der Waals surface area contributed by atoms with E-state index >= 15 is 0 Å². The molecular formula is C92H100Cl2N12O15S2. The monoisotopic (exact) mass is 1750 g/mol. The lowest BCUT2D eigenvalue weighted by molar-refractivity contribution is -0.385. The van der Waals surface area contributed by atoms with Gasteiger partial charge in [0, 0.05) is 159 Å². The van der Waals surface area contributed by atoms with Crippen molar-refractivity contribution in [1.82, 2.24) is 39.2 Å². The van der Waals surface area contributed by atoms with E-state index in [1.54, 1.807) is 68.0 Å². The van der Waals surface area contributed by atoms with Gasteiger partial charge in [0.05, 0.1) is 69.1 Å². The van der Waals surface area contributed by atoms with Crippen LogP contribution in [0.1, 0.15) is 140 Å². The maximum absolute atomic E-state index is 13.9. The van der Waals surface area contributed by atoms with Crippen molar-refractivity contribution in [2.45, 2.75) is 126 Å². The number of piperazine rings is 2. The molecule has 0 bridgehead atoms. The van der Waals surface area contributed by atoms with Crippen LogP contribution in [0.3, 0.4) is 0 Å². The molecule has 31 heteroatoms. The summed E-state index contributed by atoms with van der Waals surface area (Å²) in [5.41, 5.74) is 12.4. The Bertz CT molecular complexity index is 5900. The van der Waals surface area contributed by atoms with E-state index in [1.165, 1.54) is 121 Å². The number of nitrogens with zero attached hydrogens (tertiary/aromatic N) is 8. The van der Waals surface area contributed by atoms with Gasteiger partial charge in [-0.2, -0.15) is 0 Å². The summed E-state index contributed by atoms with van der Waals surface area (Å²) in [7, 11) is -7.49. The summed E-state index contributed by atoms with van der Waals surface area (Å²) < 4.78 is 87.8. The Labute approximate surface area is 724 Å². The molecule has 6 aromatic carbocycles. The number of carbonyl (C=O) groups is 2. The minimum absolute atomic E-state index is 0.0263. The first kappa shape index (κ1) is 85.9. The molecule has 3 saturated heterocycles. The van der Waals surface area contributed by atoms with E-state index < -0.39 is 51.5 Å². The molecule has 4 N–H and O–H groups in total. The first-order valence-corrected chi connectivity index (χ1v) is 45.9. The molecule has 644 valence electrons. The molecule has 17 rings (SSSR count). The first-order valence-electron chi connectivity index (χ1n) is 42.2. The molecule has 27 nitrogen and oxygen atoms in total. The Balaban J connectivity index is 0.000000182. The zero-order chi connectivity index (χ0) is 85.6. The van der Waals surface area contributed by atoms with Gasteiger partial charge in [-0.25, -0.2) is 36.2 Å². The highest BCUT2D eigenvalue weighted by atomic mass is 35.5. The highest BCUT2D eigenvalue weighted by molar-refractivity contribution is 7.90. The third-order valence-electron chi connectivity index (χ3n) is 25.6. The van der Waals surface area contributed by atoms with Gasteiger partial charge in [-0.1, -0.05) is 90.5 Å². The predicted octanol–water partition coefficient (Wildman–Crippen LogP) is 17.5. The lowest BCUT2D eigenvalue weighted by Gasteiger charge is -2.47. The Morgan fingerprint density at radius 3 is 1.45 bits per heavy atom. The number of nitro groups is 2. The molecule has 0 unspecified atom stereocenters. The number of hydrogen-bond acceptors (Lipinski definition) is 21. The Kier molecular flexibility index (Phi) is 26.2. The highest BCUT2D eigenvalue weighted by Crippen LogP contribution is 2.57. The summed E-state index contributed by atoms with van der Waals surface area (Å²) in [6.07, 6.45) is 22.9. The average Bonchev–Trinajstić information content (AvgIpc) is 1.40. The van der Waals surface area contributed by atoms with Crippen LogP contribution in [-0.4, -0.2) is 173 Å². The van der Waals surface area contributed by atoms with Crippen molar-refractivity contribution in [2.75, 3.05) is 109 Å². The molecule has 4 aromatic heterocycles. The molecule has 123 heavy (non-hydrogen) atoms. The van der Waals surface area contributed by atoms with Crippen molar-refractivity contribution in [2.24, 2.45) is 16.7 Å². The number of nitrogens with one attached hydrogen (secondary N) is 4. The van der Waals surface area contributed by atoms with Crippen LogP contribution in [0.25, 0.3) is 33.2 Å². The number of fused-ring (bicyclic) bond motifs is 2. The van der Waals surface area contributed by atoms with Crippen molar-refractivity contribution < 1.29 is 60.0 Å². The summed E-state index contributed by atoms with van der Waals surface area (Å²) in [6.45, 7) is 11.9. The van der Waals surface area contributed by atoms with E-state index in [1.807, 2.05) is 43.3 Å². The standard InChI is InChI=1S/C46H49ClN6O8S.C46H51ClN6O7S/c47-35-6-2-31(3-7-35)41-27-46(14-1-15-46)16-12-34(41)29-51-18-20-52(21-19-51)36-8-11-40(43(25-36)61-38-24-33-13-17-48-44(33)49-28-38)45(54)50-62(57,58)39-10-5-32(42(26-39)53(55)56)4-9-37-30-59-22-23-60-37;1-31(30-59-2)4-5-33-8-12-39(26-42(33)53(55)56)61(57,58)50-45(54)40-13-11-37(25-43(40)60-38-24-34-15-19-48-44(34)49-28-38)52-22-20-51(21-23-52)29-35-14-18-46(16-3-17-46)27-41(35)32-6-9-36(47)10-7-32/h2-3,5-8,10-11,13,17,24-26,28,37H,1,4,9,12,14-16,18-23,27,29-30H2,(H,48,49)(H,50,54);6-13,15,19,24-26,28,31H,3-5,14,16-18,20-23,27,29-30H2,1-2H3,(H,48,49)(H,50,54)/t37-;31-/m01/s1. The number of methoxy groups -OCH3 is 1. The second-order valence-corrected chi connectivity index (χ2v) is 37.9. The topological polar surface area (TPSA) is 329 Å². The summed E-state index contributed by atoms with van der Waals surface area (Å²) >= 11 is 12.5. The van der Waals surface area contributed by atoms with Crippen LogP contribution in [0.4, 0.5) is 22.7 Å². The Hall–Kier alpha value is -10.6. The van der Waals surface area contributed by atoms with E-state index in [2.05, 4.69) is 73.2 Å². The molecule has 2 amide bonds. The zero-order valence-corrected chi connectivity index (χ0v) is 72.0. The number of allylic oxidation sites excluding steroid dienone is 2. The number of halogens is 2. The molecule has 2 saturated carbocycles. The number of aromatic amines is 2. The third kappa shape index (κ3) is 20.3. The normalized spacial score (nSPS) is 18.4. The van der Waals surface area contributed by atoms with Gasteiger partial charge < -0.3 is 43.5 Å². The van der Waals surface area contributed by atoms with Gasteiger partial charge in [0.25, 0.3) is 43.2 Å². The molecule has 7 heterocycles. The number of amides is 2. The molecule has 5 fully saturated rings. The molecule has 2 spiro atoms. The molecule has 4 aliphatic carbocycles. The molecule has 3 aliphatic heterocycles. The number of rotatable bonds is 28. The highest BCUT2D eigenvalue weighted by Gasteiger charge is 2.43. The van der Waals surface area contributed by atoms with E-state index in [4.69, 9.17) is 46.9 Å². The van der Waals surface area contributed by atoms with Crippen LogP contribution in [-0.2, 0) is 47.1 Å². The van der Waals surface area contributed by atoms with Gasteiger partial charge in [0.15, 0.2) is 0 Å². The van der Waals surface area contributed by atoms with Crippen LogP contribution in [0.5, 0.6) is 23.0 Å². The number of hydrogen-bond donors (Lipinski definition) is 4. The largest absolute Gasteiger partial charge is 0.455 e. The number of aromatic nitrogens is 4. The van der Waals surface area contributed by atoms with Crippen molar-refractivity contribution in [3.63, 3.8) is 0 Å².